The van der Waals surface area contributed by atoms with Gasteiger partial charge in [0.25, 0.3) is 0 Å². The molecular formula is C11H11N3OS. The highest BCUT2D eigenvalue weighted by molar-refractivity contribution is 7.71. The summed E-state index contributed by atoms with van der Waals surface area (Å²) in [5.41, 5.74) is 2.71. The van der Waals surface area contributed by atoms with Gasteiger partial charge in [0.15, 0.2) is 4.77 Å². The van der Waals surface area contributed by atoms with Crippen molar-refractivity contribution < 1.29 is 4.74 Å². The minimum absolute atomic E-state index is 0.478. The van der Waals surface area contributed by atoms with E-state index in [1.54, 1.807) is 19.4 Å². The molecule has 0 aliphatic heterocycles. The molecule has 2 rings (SSSR count). The number of hydrogen-bond acceptors (Lipinski definition) is 4. The van der Waals surface area contributed by atoms with E-state index in [1.165, 1.54) is 0 Å². The van der Waals surface area contributed by atoms with Crippen molar-refractivity contribution >= 4 is 12.2 Å². The molecule has 0 aromatic carbocycles. The summed E-state index contributed by atoms with van der Waals surface area (Å²) >= 11 is 5.02. The molecule has 0 saturated heterocycles. The summed E-state index contributed by atoms with van der Waals surface area (Å²) < 4.78 is 5.47. The number of rotatable bonds is 2. The first kappa shape index (κ1) is 10.8. The zero-order valence-corrected chi connectivity index (χ0v) is 9.84. The van der Waals surface area contributed by atoms with Gasteiger partial charge in [0.2, 0.25) is 5.88 Å². The number of methoxy groups -OCH3 is 1. The minimum Gasteiger partial charge on any atom is -0.481 e. The molecule has 0 amide bonds. The van der Waals surface area contributed by atoms with E-state index in [-0.39, 0.29) is 0 Å². The summed E-state index contributed by atoms with van der Waals surface area (Å²) in [6, 6.07) is 5.63. The number of nitrogens with one attached hydrogen (secondary N) is 1. The van der Waals surface area contributed by atoms with Crippen LogP contribution in [0.1, 0.15) is 5.69 Å². The van der Waals surface area contributed by atoms with E-state index in [4.69, 9.17) is 17.0 Å². The second-order valence-corrected chi connectivity index (χ2v) is 3.73. The number of ether oxygens (including phenoxy) is 1. The zero-order valence-electron chi connectivity index (χ0n) is 9.02. The molecule has 2 aromatic heterocycles. The summed E-state index contributed by atoms with van der Waals surface area (Å²) in [6.45, 7) is 1.94. The molecule has 0 unspecified atom stereocenters. The predicted octanol–water partition coefficient (Wildman–Crippen LogP) is 2.52. The molecular weight excluding hydrogens is 222 g/mol. The summed E-state index contributed by atoms with van der Waals surface area (Å²) in [7, 11) is 1.59. The Bertz CT molecular complexity index is 548. The van der Waals surface area contributed by atoms with E-state index >= 15 is 0 Å². The number of pyridine rings is 1. The van der Waals surface area contributed by atoms with Crippen molar-refractivity contribution in [2.24, 2.45) is 0 Å². The van der Waals surface area contributed by atoms with E-state index in [0.717, 1.165) is 17.0 Å². The Kier molecular flexibility index (Phi) is 2.96. The Hall–Kier alpha value is -1.75. The van der Waals surface area contributed by atoms with Crippen molar-refractivity contribution in [2.45, 2.75) is 6.92 Å². The third-order valence-corrected chi connectivity index (χ3v) is 2.31. The molecule has 2 heterocycles. The van der Waals surface area contributed by atoms with Crippen LogP contribution in [0, 0.1) is 11.7 Å². The van der Waals surface area contributed by atoms with Crippen molar-refractivity contribution in [3.05, 3.63) is 34.9 Å². The maximum absolute atomic E-state index is 5.02. The van der Waals surface area contributed by atoms with Gasteiger partial charge in [0.1, 0.15) is 0 Å². The molecule has 5 heteroatoms. The molecule has 0 aliphatic carbocycles. The average molecular weight is 233 g/mol. The predicted molar refractivity (Wildman–Crippen MR) is 63.9 cm³/mol. The Morgan fingerprint density at radius 3 is 2.75 bits per heavy atom. The van der Waals surface area contributed by atoms with Gasteiger partial charge in [0.05, 0.1) is 12.8 Å². The lowest BCUT2D eigenvalue weighted by Gasteiger charge is -2.03. The van der Waals surface area contributed by atoms with Gasteiger partial charge in [-0.3, -0.25) is 0 Å². The fourth-order valence-electron chi connectivity index (χ4n) is 1.38. The smallest absolute Gasteiger partial charge is 0.212 e. The molecule has 0 fully saturated rings. The number of H-pyrrole nitrogens is 1. The second-order valence-electron chi connectivity index (χ2n) is 3.34. The van der Waals surface area contributed by atoms with Crippen LogP contribution in [-0.4, -0.2) is 22.1 Å². The van der Waals surface area contributed by atoms with E-state index < -0.39 is 0 Å². The minimum atomic E-state index is 0.478. The lowest BCUT2D eigenvalue weighted by molar-refractivity contribution is 0.398. The Balaban J connectivity index is 2.46. The molecule has 82 valence electrons. The SMILES string of the molecule is COc1ccc(-c2cc(C)[nH]c(=S)n2)cn1. The van der Waals surface area contributed by atoms with Crippen LogP contribution >= 0.6 is 12.2 Å². The molecule has 0 radical (unpaired) electrons. The highest BCUT2D eigenvalue weighted by Gasteiger charge is 2.01. The molecule has 0 bridgehead atoms. The number of aromatic amines is 1. The van der Waals surface area contributed by atoms with Crippen LogP contribution in [0.15, 0.2) is 24.4 Å². The number of nitrogens with zero attached hydrogens (tertiary/aromatic N) is 2. The molecule has 0 spiro atoms. The third kappa shape index (κ3) is 2.25. The monoisotopic (exact) mass is 233 g/mol. The van der Waals surface area contributed by atoms with E-state index in [1.807, 2.05) is 19.1 Å². The van der Waals surface area contributed by atoms with Gasteiger partial charge in [-0.05, 0) is 31.3 Å². The third-order valence-electron chi connectivity index (χ3n) is 2.12. The topological polar surface area (TPSA) is 50.8 Å². The van der Waals surface area contributed by atoms with Crippen LogP contribution in [0.25, 0.3) is 11.3 Å². The molecule has 2 aromatic rings. The largest absolute Gasteiger partial charge is 0.481 e. The maximum atomic E-state index is 5.02. The van der Waals surface area contributed by atoms with Gasteiger partial charge in [-0.2, -0.15) is 0 Å². The van der Waals surface area contributed by atoms with Crippen LogP contribution in [0.4, 0.5) is 0 Å². The molecule has 0 aliphatic rings. The quantitative estimate of drug-likeness (QED) is 0.810. The lowest BCUT2D eigenvalue weighted by Crippen LogP contribution is -1.92. The van der Waals surface area contributed by atoms with Gasteiger partial charge >= 0.3 is 0 Å². The first-order chi connectivity index (χ1) is 7.69. The van der Waals surface area contributed by atoms with Crippen molar-refractivity contribution in [3.63, 3.8) is 0 Å². The maximum Gasteiger partial charge on any atom is 0.212 e. The van der Waals surface area contributed by atoms with Crippen LogP contribution in [-0.2, 0) is 0 Å². The number of aromatic nitrogens is 3. The van der Waals surface area contributed by atoms with Crippen LogP contribution in [0.3, 0.4) is 0 Å². The van der Waals surface area contributed by atoms with E-state index in [2.05, 4.69) is 15.0 Å². The summed E-state index contributed by atoms with van der Waals surface area (Å²) in [4.78, 5) is 11.3. The van der Waals surface area contributed by atoms with Gasteiger partial charge in [0, 0.05) is 23.5 Å². The fraction of sp³-hybridized carbons (Fsp3) is 0.182. The van der Waals surface area contributed by atoms with Crippen LogP contribution in [0.5, 0.6) is 5.88 Å². The standard InChI is InChI=1S/C11H11N3OS/c1-7-5-9(14-11(16)13-7)8-3-4-10(15-2)12-6-8/h3-6H,1-2H3,(H,13,14,16). The van der Waals surface area contributed by atoms with Crippen molar-refractivity contribution in [3.8, 4) is 17.1 Å². The zero-order chi connectivity index (χ0) is 11.5. The normalized spacial score (nSPS) is 10.1. The lowest BCUT2D eigenvalue weighted by atomic mass is 10.2. The van der Waals surface area contributed by atoms with Crippen molar-refractivity contribution in [1.29, 1.82) is 0 Å². The first-order valence-corrected chi connectivity index (χ1v) is 5.18. The van der Waals surface area contributed by atoms with Crippen molar-refractivity contribution in [1.82, 2.24) is 15.0 Å². The molecule has 16 heavy (non-hydrogen) atoms. The van der Waals surface area contributed by atoms with Crippen LogP contribution in [0.2, 0.25) is 0 Å². The number of hydrogen-bond donors (Lipinski definition) is 1. The molecule has 0 atom stereocenters. The first-order valence-electron chi connectivity index (χ1n) is 4.77. The van der Waals surface area contributed by atoms with Gasteiger partial charge in [-0.1, -0.05) is 0 Å². The summed E-state index contributed by atoms with van der Waals surface area (Å²) in [6.07, 6.45) is 1.72. The molecule has 0 saturated carbocycles. The highest BCUT2D eigenvalue weighted by atomic mass is 32.1. The summed E-state index contributed by atoms with van der Waals surface area (Å²) in [5.74, 6) is 0.585. The van der Waals surface area contributed by atoms with Gasteiger partial charge in [-0.15, -0.1) is 0 Å². The van der Waals surface area contributed by atoms with Crippen molar-refractivity contribution in [2.75, 3.05) is 7.11 Å². The Labute approximate surface area is 98.3 Å². The highest BCUT2D eigenvalue weighted by Crippen LogP contribution is 2.18. The fourth-order valence-corrected chi connectivity index (χ4v) is 1.64. The van der Waals surface area contributed by atoms with E-state index in [0.29, 0.717) is 10.7 Å². The average Bonchev–Trinajstić information content (AvgIpc) is 2.28. The number of aryl methyl sites for hydroxylation is 1. The second kappa shape index (κ2) is 4.40. The molecule has 1 N–H and O–H groups in total. The van der Waals surface area contributed by atoms with Crippen LogP contribution < -0.4 is 4.74 Å². The van der Waals surface area contributed by atoms with E-state index in [9.17, 15) is 0 Å². The van der Waals surface area contributed by atoms with Gasteiger partial charge < -0.3 is 9.72 Å². The molecule has 4 nitrogen and oxygen atoms in total. The Morgan fingerprint density at radius 2 is 2.19 bits per heavy atom. The Morgan fingerprint density at radius 1 is 1.38 bits per heavy atom. The summed E-state index contributed by atoms with van der Waals surface area (Å²) in [5, 5.41) is 0. The van der Waals surface area contributed by atoms with Gasteiger partial charge in [-0.25, -0.2) is 9.97 Å².